The van der Waals surface area contributed by atoms with Gasteiger partial charge in [-0.3, -0.25) is 0 Å². The fourth-order valence-electron chi connectivity index (χ4n) is 2.21. The molecule has 0 saturated heterocycles. The van der Waals surface area contributed by atoms with Crippen molar-refractivity contribution in [3.63, 3.8) is 0 Å². The molecule has 6 heteroatoms. The summed E-state index contributed by atoms with van der Waals surface area (Å²) in [7, 11) is 1.59. The highest BCUT2D eigenvalue weighted by Crippen LogP contribution is 2.35. The molecule has 1 aromatic heterocycles. The van der Waals surface area contributed by atoms with Gasteiger partial charge < -0.3 is 20.5 Å². The van der Waals surface area contributed by atoms with Gasteiger partial charge in [0.1, 0.15) is 0 Å². The fourth-order valence-corrected chi connectivity index (χ4v) is 2.21. The van der Waals surface area contributed by atoms with Crippen LogP contribution in [0.4, 0.5) is 16.2 Å². The lowest BCUT2D eigenvalue weighted by Gasteiger charge is -2.10. The summed E-state index contributed by atoms with van der Waals surface area (Å²) in [6, 6.07) is 8.06. The van der Waals surface area contributed by atoms with Crippen LogP contribution in [0.1, 0.15) is 24.6 Å². The molecular formula is C15H19N5O. The molecule has 1 aliphatic rings. The first-order valence-electron chi connectivity index (χ1n) is 7.09. The van der Waals surface area contributed by atoms with Crippen LogP contribution >= 0.6 is 0 Å². The standard InChI is InChI=1S/C15H19N5O/c1-16-15(21)19-12-4-2-11(3-5-12)18-9-14-8-17-10-20(14)13-6-7-13/h2-5,8,10,13,18H,6-7,9H2,1H3,(H2,16,19,21). The molecule has 0 bridgehead atoms. The number of amides is 2. The van der Waals surface area contributed by atoms with Crippen molar-refractivity contribution >= 4 is 17.4 Å². The fraction of sp³-hybridized carbons (Fsp3) is 0.333. The normalized spacial score (nSPS) is 13.8. The highest BCUT2D eigenvalue weighted by Gasteiger charge is 2.24. The maximum atomic E-state index is 11.2. The molecule has 3 N–H and O–H groups in total. The largest absolute Gasteiger partial charge is 0.379 e. The number of rotatable bonds is 5. The van der Waals surface area contributed by atoms with Crippen LogP contribution in [0.2, 0.25) is 0 Å². The molecule has 0 spiro atoms. The van der Waals surface area contributed by atoms with Crippen molar-refractivity contribution in [1.82, 2.24) is 14.9 Å². The second-order valence-corrected chi connectivity index (χ2v) is 5.16. The van der Waals surface area contributed by atoms with Gasteiger partial charge in [-0.1, -0.05) is 0 Å². The number of anilines is 2. The van der Waals surface area contributed by atoms with E-state index in [1.165, 1.54) is 18.5 Å². The summed E-state index contributed by atoms with van der Waals surface area (Å²) < 4.78 is 2.24. The molecule has 110 valence electrons. The zero-order valence-corrected chi connectivity index (χ0v) is 12.0. The second kappa shape index (κ2) is 5.87. The van der Waals surface area contributed by atoms with E-state index < -0.39 is 0 Å². The third kappa shape index (κ3) is 3.34. The number of aromatic nitrogens is 2. The Kier molecular flexibility index (Phi) is 3.77. The maximum absolute atomic E-state index is 11.2. The molecule has 1 aromatic carbocycles. The molecule has 0 unspecified atom stereocenters. The minimum atomic E-state index is -0.218. The number of nitrogens with zero attached hydrogens (tertiary/aromatic N) is 2. The third-order valence-electron chi connectivity index (χ3n) is 3.53. The third-order valence-corrected chi connectivity index (χ3v) is 3.53. The zero-order valence-electron chi connectivity index (χ0n) is 12.0. The average molecular weight is 285 g/mol. The minimum absolute atomic E-state index is 0.218. The summed E-state index contributed by atoms with van der Waals surface area (Å²) in [6.45, 7) is 0.749. The summed E-state index contributed by atoms with van der Waals surface area (Å²) >= 11 is 0. The van der Waals surface area contributed by atoms with Gasteiger partial charge in [0.05, 0.1) is 18.6 Å². The Morgan fingerprint density at radius 3 is 2.67 bits per heavy atom. The number of nitrogens with one attached hydrogen (secondary N) is 3. The van der Waals surface area contributed by atoms with Crippen LogP contribution < -0.4 is 16.0 Å². The smallest absolute Gasteiger partial charge is 0.318 e. The lowest BCUT2D eigenvalue weighted by molar-refractivity contribution is 0.254. The van der Waals surface area contributed by atoms with Gasteiger partial charge in [-0.05, 0) is 37.1 Å². The van der Waals surface area contributed by atoms with Crippen molar-refractivity contribution in [3.05, 3.63) is 42.5 Å². The summed E-state index contributed by atoms with van der Waals surface area (Å²) in [5.41, 5.74) is 2.98. The van der Waals surface area contributed by atoms with Gasteiger partial charge in [0.15, 0.2) is 0 Å². The van der Waals surface area contributed by atoms with Gasteiger partial charge in [-0.25, -0.2) is 9.78 Å². The van der Waals surface area contributed by atoms with Gasteiger partial charge in [-0.15, -0.1) is 0 Å². The molecule has 21 heavy (non-hydrogen) atoms. The first-order valence-corrected chi connectivity index (χ1v) is 7.09. The lowest BCUT2D eigenvalue weighted by Crippen LogP contribution is -2.24. The SMILES string of the molecule is CNC(=O)Nc1ccc(NCc2cncn2C2CC2)cc1. The van der Waals surface area contributed by atoms with E-state index in [1.807, 2.05) is 36.8 Å². The first-order chi connectivity index (χ1) is 10.3. The Morgan fingerprint density at radius 2 is 2.00 bits per heavy atom. The van der Waals surface area contributed by atoms with Crippen molar-refractivity contribution < 1.29 is 4.79 Å². The predicted octanol–water partition coefficient (Wildman–Crippen LogP) is 2.58. The van der Waals surface area contributed by atoms with Crippen molar-refractivity contribution in [2.75, 3.05) is 17.7 Å². The molecule has 3 rings (SSSR count). The van der Waals surface area contributed by atoms with E-state index in [4.69, 9.17) is 0 Å². The van der Waals surface area contributed by atoms with Gasteiger partial charge in [0.25, 0.3) is 0 Å². The number of hydrogen-bond acceptors (Lipinski definition) is 3. The molecule has 0 radical (unpaired) electrons. The highest BCUT2D eigenvalue weighted by molar-refractivity contribution is 5.89. The quantitative estimate of drug-likeness (QED) is 0.790. The van der Waals surface area contributed by atoms with Crippen LogP contribution in [0.25, 0.3) is 0 Å². The van der Waals surface area contributed by atoms with Gasteiger partial charge >= 0.3 is 6.03 Å². The molecule has 2 amide bonds. The summed E-state index contributed by atoms with van der Waals surface area (Å²) in [6.07, 6.45) is 6.32. The number of hydrogen-bond donors (Lipinski definition) is 3. The maximum Gasteiger partial charge on any atom is 0.318 e. The van der Waals surface area contributed by atoms with E-state index in [2.05, 4.69) is 25.5 Å². The van der Waals surface area contributed by atoms with E-state index in [0.717, 1.165) is 17.9 Å². The number of imidazole rings is 1. The second-order valence-electron chi connectivity index (χ2n) is 5.16. The van der Waals surface area contributed by atoms with Crippen LogP contribution in [-0.2, 0) is 6.54 Å². The molecule has 0 aliphatic heterocycles. The lowest BCUT2D eigenvalue weighted by atomic mass is 10.2. The Morgan fingerprint density at radius 1 is 1.29 bits per heavy atom. The number of urea groups is 1. The average Bonchev–Trinajstić information content (AvgIpc) is 3.25. The summed E-state index contributed by atoms with van der Waals surface area (Å²) in [5.74, 6) is 0. The predicted molar refractivity (Wildman–Crippen MR) is 82.3 cm³/mol. The van der Waals surface area contributed by atoms with Crippen LogP contribution in [0.15, 0.2) is 36.8 Å². The molecule has 6 nitrogen and oxygen atoms in total. The van der Waals surface area contributed by atoms with E-state index >= 15 is 0 Å². The van der Waals surface area contributed by atoms with Crippen LogP contribution in [0, 0.1) is 0 Å². The van der Waals surface area contributed by atoms with Crippen LogP contribution in [0.5, 0.6) is 0 Å². The molecule has 0 atom stereocenters. The summed E-state index contributed by atoms with van der Waals surface area (Å²) in [5, 5.41) is 8.62. The molecule has 2 aromatic rings. The van der Waals surface area contributed by atoms with Crippen molar-refractivity contribution in [2.45, 2.75) is 25.4 Å². The van der Waals surface area contributed by atoms with E-state index in [0.29, 0.717) is 6.04 Å². The number of benzene rings is 1. The topological polar surface area (TPSA) is 71.0 Å². The molecule has 1 aliphatic carbocycles. The van der Waals surface area contributed by atoms with Gasteiger partial charge in [-0.2, -0.15) is 0 Å². The Hall–Kier alpha value is -2.50. The number of carbonyl (C=O) groups is 1. The molecule has 1 heterocycles. The monoisotopic (exact) mass is 285 g/mol. The van der Waals surface area contributed by atoms with Crippen molar-refractivity contribution in [2.24, 2.45) is 0 Å². The van der Waals surface area contributed by atoms with Crippen LogP contribution in [0.3, 0.4) is 0 Å². The molecule has 1 fully saturated rings. The Labute approximate surface area is 123 Å². The van der Waals surface area contributed by atoms with Gasteiger partial charge in [0.2, 0.25) is 0 Å². The van der Waals surface area contributed by atoms with Crippen molar-refractivity contribution in [1.29, 1.82) is 0 Å². The Bertz CT molecular complexity index is 615. The minimum Gasteiger partial charge on any atom is -0.379 e. The van der Waals surface area contributed by atoms with Crippen molar-refractivity contribution in [3.8, 4) is 0 Å². The number of carbonyl (C=O) groups excluding carboxylic acids is 1. The molecule has 1 saturated carbocycles. The van der Waals surface area contributed by atoms with E-state index in [9.17, 15) is 4.79 Å². The van der Waals surface area contributed by atoms with Gasteiger partial charge in [0, 0.05) is 30.7 Å². The highest BCUT2D eigenvalue weighted by atomic mass is 16.2. The first kappa shape index (κ1) is 13.5. The molecular weight excluding hydrogens is 266 g/mol. The van der Waals surface area contributed by atoms with Crippen LogP contribution in [-0.4, -0.2) is 22.6 Å². The summed E-state index contributed by atoms with van der Waals surface area (Å²) in [4.78, 5) is 15.4. The Balaban J connectivity index is 1.57. The zero-order chi connectivity index (χ0) is 14.7. The van der Waals surface area contributed by atoms with E-state index in [-0.39, 0.29) is 6.03 Å². The van der Waals surface area contributed by atoms with E-state index in [1.54, 1.807) is 7.05 Å².